The van der Waals surface area contributed by atoms with E-state index in [2.05, 4.69) is 4.98 Å². The molecule has 0 aliphatic heterocycles. The number of phenols is 1. The Balaban J connectivity index is 2.89. The Bertz CT molecular complexity index is 558. The van der Waals surface area contributed by atoms with Crippen LogP contribution in [0.1, 0.15) is 5.01 Å². The van der Waals surface area contributed by atoms with Crippen molar-refractivity contribution in [3.63, 3.8) is 0 Å². The number of aromatic hydroxyl groups is 1. The van der Waals surface area contributed by atoms with Crippen LogP contribution in [0.25, 0.3) is 10.2 Å². The van der Waals surface area contributed by atoms with Gasteiger partial charge in [0.25, 0.3) is 0 Å². The van der Waals surface area contributed by atoms with Gasteiger partial charge in [-0.1, -0.05) is 0 Å². The van der Waals surface area contributed by atoms with Gasteiger partial charge in [0.2, 0.25) is 0 Å². The Morgan fingerprint density at radius 1 is 1.50 bits per heavy atom. The number of fused-ring (bicyclic) bond motifs is 1. The predicted octanol–water partition coefficient (Wildman–Crippen LogP) is 2.15. The molecule has 14 heavy (non-hydrogen) atoms. The molecule has 70 valence electrons. The number of aromatic nitrogens is 1. The molecule has 0 unspecified atom stereocenters. The topological polar surface area (TPSA) is 56.9 Å². The van der Waals surface area contributed by atoms with Crippen molar-refractivity contribution in [1.82, 2.24) is 4.98 Å². The number of nitrogens with zero attached hydrogens (tertiary/aromatic N) is 2. The van der Waals surface area contributed by atoms with Crippen LogP contribution in [0.5, 0.6) is 5.75 Å². The molecular formula is C8H2F2N2OS. The Hall–Kier alpha value is -1.74. The van der Waals surface area contributed by atoms with E-state index in [0.717, 1.165) is 17.4 Å². The van der Waals surface area contributed by atoms with Gasteiger partial charge in [-0.05, 0) is 0 Å². The fraction of sp³-hybridized carbons (Fsp3) is 0. The van der Waals surface area contributed by atoms with Gasteiger partial charge in [0.15, 0.2) is 22.4 Å². The summed E-state index contributed by atoms with van der Waals surface area (Å²) >= 11 is 0.773. The van der Waals surface area contributed by atoms with Gasteiger partial charge in [-0.3, -0.25) is 0 Å². The fourth-order valence-electron chi connectivity index (χ4n) is 1.04. The maximum Gasteiger partial charge on any atom is 0.195 e. The first-order chi connectivity index (χ1) is 6.63. The second-order valence-electron chi connectivity index (χ2n) is 2.50. The first-order valence-electron chi connectivity index (χ1n) is 3.51. The van der Waals surface area contributed by atoms with Gasteiger partial charge in [-0.25, -0.2) is 13.8 Å². The molecule has 3 nitrogen and oxygen atoms in total. The second kappa shape index (κ2) is 2.89. The molecule has 0 aliphatic carbocycles. The third-order valence-electron chi connectivity index (χ3n) is 1.65. The van der Waals surface area contributed by atoms with Gasteiger partial charge in [0, 0.05) is 6.07 Å². The SMILES string of the molecule is N#Cc1nc2cc(F)c(O)c(F)c2s1. The van der Waals surface area contributed by atoms with Crippen molar-refractivity contribution in [2.24, 2.45) is 0 Å². The molecule has 1 heterocycles. The van der Waals surface area contributed by atoms with Crippen LogP contribution in [0, 0.1) is 23.0 Å². The van der Waals surface area contributed by atoms with Gasteiger partial charge in [-0.2, -0.15) is 5.26 Å². The molecule has 0 spiro atoms. The number of phenolic OH excluding ortho intramolecular Hbond substituents is 1. The number of benzene rings is 1. The van der Waals surface area contributed by atoms with Gasteiger partial charge in [0.05, 0.1) is 10.2 Å². The molecule has 0 bridgehead atoms. The van der Waals surface area contributed by atoms with Crippen molar-refractivity contribution in [2.75, 3.05) is 0 Å². The minimum absolute atomic E-state index is 0.0135. The van der Waals surface area contributed by atoms with Crippen molar-refractivity contribution in [3.8, 4) is 11.8 Å². The van der Waals surface area contributed by atoms with E-state index >= 15 is 0 Å². The smallest absolute Gasteiger partial charge is 0.195 e. The highest BCUT2D eigenvalue weighted by atomic mass is 32.1. The van der Waals surface area contributed by atoms with E-state index in [1.54, 1.807) is 6.07 Å². The third-order valence-corrected chi connectivity index (χ3v) is 2.61. The molecule has 6 heteroatoms. The van der Waals surface area contributed by atoms with Crippen LogP contribution in [-0.2, 0) is 0 Å². The predicted molar refractivity (Wildman–Crippen MR) is 45.9 cm³/mol. The summed E-state index contributed by atoms with van der Waals surface area (Å²) in [7, 11) is 0. The van der Waals surface area contributed by atoms with E-state index in [4.69, 9.17) is 10.4 Å². The lowest BCUT2D eigenvalue weighted by molar-refractivity contribution is 0.400. The highest BCUT2D eigenvalue weighted by Crippen LogP contribution is 2.32. The van der Waals surface area contributed by atoms with Gasteiger partial charge in [0.1, 0.15) is 6.07 Å². The number of hydrogen-bond donors (Lipinski definition) is 1. The van der Waals surface area contributed by atoms with Gasteiger partial charge < -0.3 is 5.11 Å². The van der Waals surface area contributed by atoms with Crippen molar-refractivity contribution in [3.05, 3.63) is 22.7 Å². The van der Waals surface area contributed by atoms with E-state index in [1.807, 2.05) is 0 Å². The van der Waals surface area contributed by atoms with E-state index in [9.17, 15) is 8.78 Å². The largest absolute Gasteiger partial charge is 0.503 e. The molecular weight excluding hydrogens is 210 g/mol. The Kier molecular flexibility index (Phi) is 1.82. The van der Waals surface area contributed by atoms with Crippen molar-refractivity contribution < 1.29 is 13.9 Å². The average molecular weight is 212 g/mol. The molecule has 0 fully saturated rings. The number of hydrogen-bond acceptors (Lipinski definition) is 4. The molecule has 0 radical (unpaired) electrons. The average Bonchev–Trinajstić information content (AvgIpc) is 2.57. The molecule has 0 saturated carbocycles. The van der Waals surface area contributed by atoms with E-state index in [1.165, 1.54) is 0 Å². The molecule has 1 aromatic carbocycles. The highest BCUT2D eigenvalue weighted by Gasteiger charge is 2.16. The minimum atomic E-state index is -1.08. The summed E-state index contributed by atoms with van der Waals surface area (Å²) in [6.07, 6.45) is 0. The van der Waals surface area contributed by atoms with Gasteiger partial charge >= 0.3 is 0 Å². The summed E-state index contributed by atoms with van der Waals surface area (Å²) in [5.41, 5.74) is 0.0411. The molecule has 0 amide bonds. The molecule has 0 saturated heterocycles. The van der Waals surface area contributed by atoms with Crippen LogP contribution in [-0.4, -0.2) is 10.1 Å². The van der Waals surface area contributed by atoms with Crippen molar-refractivity contribution in [2.45, 2.75) is 0 Å². The standard InChI is InChI=1S/C8H2F2N2OS/c9-3-1-4-8(6(10)7(3)13)14-5(2-11)12-4/h1,13H. The summed E-state index contributed by atoms with van der Waals surface area (Å²) in [6.45, 7) is 0. The Morgan fingerprint density at radius 3 is 2.86 bits per heavy atom. The Morgan fingerprint density at radius 2 is 2.21 bits per heavy atom. The maximum atomic E-state index is 13.2. The normalized spacial score (nSPS) is 10.4. The zero-order valence-corrected chi connectivity index (χ0v) is 7.40. The highest BCUT2D eigenvalue weighted by molar-refractivity contribution is 7.19. The zero-order valence-electron chi connectivity index (χ0n) is 6.58. The van der Waals surface area contributed by atoms with Crippen LogP contribution >= 0.6 is 11.3 Å². The second-order valence-corrected chi connectivity index (χ2v) is 3.50. The lowest BCUT2D eigenvalue weighted by Crippen LogP contribution is -1.83. The van der Waals surface area contributed by atoms with E-state index in [0.29, 0.717) is 0 Å². The summed E-state index contributed by atoms with van der Waals surface area (Å²) in [5, 5.41) is 17.5. The number of halogens is 2. The first-order valence-corrected chi connectivity index (χ1v) is 4.32. The van der Waals surface area contributed by atoms with E-state index < -0.39 is 17.4 Å². The van der Waals surface area contributed by atoms with Crippen molar-refractivity contribution >= 4 is 21.6 Å². The van der Waals surface area contributed by atoms with Crippen LogP contribution in [0.15, 0.2) is 6.07 Å². The fourth-order valence-corrected chi connectivity index (χ4v) is 1.81. The summed E-state index contributed by atoms with van der Waals surface area (Å²) in [4.78, 5) is 3.66. The number of rotatable bonds is 0. The number of thiazole rings is 1. The van der Waals surface area contributed by atoms with E-state index in [-0.39, 0.29) is 15.2 Å². The zero-order chi connectivity index (χ0) is 10.3. The minimum Gasteiger partial charge on any atom is -0.503 e. The first kappa shape index (κ1) is 8.84. The van der Waals surface area contributed by atoms with Crippen molar-refractivity contribution in [1.29, 1.82) is 5.26 Å². The van der Waals surface area contributed by atoms with Gasteiger partial charge in [-0.15, -0.1) is 11.3 Å². The summed E-state index contributed by atoms with van der Waals surface area (Å²) in [6, 6.07) is 2.61. The monoisotopic (exact) mass is 212 g/mol. The van der Waals surface area contributed by atoms with Crippen LogP contribution < -0.4 is 0 Å². The lowest BCUT2D eigenvalue weighted by Gasteiger charge is -1.96. The quantitative estimate of drug-likeness (QED) is 0.727. The third kappa shape index (κ3) is 1.10. The van der Waals surface area contributed by atoms with Crippen LogP contribution in [0.2, 0.25) is 0 Å². The molecule has 1 N–H and O–H groups in total. The molecule has 2 rings (SSSR count). The molecule has 1 aromatic heterocycles. The lowest BCUT2D eigenvalue weighted by atomic mass is 10.3. The Labute approximate surface area is 80.9 Å². The summed E-state index contributed by atoms with van der Waals surface area (Å²) in [5.74, 6) is -3.19. The molecule has 0 aliphatic rings. The number of nitriles is 1. The maximum absolute atomic E-state index is 13.2. The van der Waals surface area contributed by atoms with Crippen LogP contribution in [0.3, 0.4) is 0 Å². The summed E-state index contributed by atoms with van der Waals surface area (Å²) < 4.78 is 26.0. The molecule has 0 atom stereocenters. The van der Waals surface area contributed by atoms with Crippen LogP contribution in [0.4, 0.5) is 8.78 Å². The molecule has 2 aromatic rings.